The highest BCUT2D eigenvalue weighted by Crippen LogP contribution is 2.25. The third-order valence-electron chi connectivity index (χ3n) is 4.99. The Bertz CT molecular complexity index is 595. The standard InChI is InChI=1S/C17H25N5O2/c18-9-11-10-19-17(20-12-5-7-13(23)8-6-12)22-16(11)21-14-3-1-2-4-15(14)24/h10,12-15,23-24H,1-8H2,(H2,19,20,21,22)/t12?,13?,14-,15-/m1/s1. The molecule has 130 valence electrons. The SMILES string of the molecule is N#Cc1cnc(NC2CCC(O)CC2)nc1N[C@@H]1CCCC[C@H]1O. The van der Waals surface area contributed by atoms with Crippen molar-refractivity contribution in [3.8, 4) is 6.07 Å². The van der Waals surface area contributed by atoms with Crippen LogP contribution in [-0.2, 0) is 0 Å². The molecule has 24 heavy (non-hydrogen) atoms. The maximum Gasteiger partial charge on any atom is 0.224 e. The minimum absolute atomic E-state index is 0.0709. The van der Waals surface area contributed by atoms with Crippen molar-refractivity contribution in [3.05, 3.63) is 11.8 Å². The molecule has 0 amide bonds. The molecule has 2 atom stereocenters. The predicted molar refractivity (Wildman–Crippen MR) is 90.5 cm³/mol. The van der Waals surface area contributed by atoms with E-state index in [1.54, 1.807) is 0 Å². The summed E-state index contributed by atoms with van der Waals surface area (Å²) in [4.78, 5) is 8.68. The molecular formula is C17H25N5O2. The Morgan fingerprint density at radius 2 is 1.79 bits per heavy atom. The van der Waals surface area contributed by atoms with Crippen LogP contribution in [0.4, 0.5) is 11.8 Å². The molecule has 0 bridgehead atoms. The van der Waals surface area contributed by atoms with Crippen molar-refractivity contribution < 1.29 is 10.2 Å². The summed E-state index contributed by atoms with van der Waals surface area (Å²) in [7, 11) is 0. The molecule has 7 heteroatoms. The summed E-state index contributed by atoms with van der Waals surface area (Å²) in [5, 5.41) is 35.5. The fourth-order valence-electron chi connectivity index (χ4n) is 3.50. The number of nitrogens with one attached hydrogen (secondary N) is 2. The van der Waals surface area contributed by atoms with Crippen molar-refractivity contribution in [1.82, 2.24) is 9.97 Å². The number of nitriles is 1. The molecule has 1 aromatic rings. The third kappa shape index (κ3) is 4.13. The van der Waals surface area contributed by atoms with Crippen LogP contribution < -0.4 is 10.6 Å². The molecule has 0 spiro atoms. The number of hydrogen-bond donors (Lipinski definition) is 4. The molecule has 1 heterocycles. The smallest absolute Gasteiger partial charge is 0.224 e. The lowest BCUT2D eigenvalue weighted by Crippen LogP contribution is -2.37. The average molecular weight is 331 g/mol. The zero-order valence-corrected chi connectivity index (χ0v) is 13.8. The zero-order chi connectivity index (χ0) is 16.9. The van der Waals surface area contributed by atoms with Crippen LogP contribution in [0.3, 0.4) is 0 Å². The minimum Gasteiger partial charge on any atom is -0.393 e. The van der Waals surface area contributed by atoms with Gasteiger partial charge in [0.15, 0.2) is 0 Å². The van der Waals surface area contributed by atoms with Gasteiger partial charge >= 0.3 is 0 Å². The second-order valence-corrected chi connectivity index (χ2v) is 6.82. The van der Waals surface area contributed by atoms with Crippen molar-refractivity contribution in [2.24, 2.45) is 0 Å². The van der Waals surface area contributed by atoms with Crippen LogP contribution in [0.2, 0.25) is 0 Å². The first-order valence-electron chi connectivity index (χ1n) is 8.82. The van der Waals surface area contributed by atoms with Gasteiger partial charge in [0.05, 0.1) is 24.4 Å². The van der Waals surface area contributed by atoms with Crippen molar-refractivity contribution in [2.45, 2.75) is 75.7 Å². The molecule has 7 nitrogen and oxygen atoms in total. The molecule has 0 radical (unpaired) electrons. The number of nitrogens with zero attached hydrogens (tertiary/aromatic N) is 3. The highest BCUT2D eigenvalue weighted by Gasteiger charge is 2.25. The lowest BCUT2D eigenvalue weighted by molar-refractivity contribution is 0.116. The number of anilines is 2. The molecule has 2 aliphatic carbocycles. The van der Waals surface area contributed by atoms with Crippen LogP contribution in [0.1, 0.15) is 56.9 Å². The Balaban J connectivity index is 1.69. The average Bonchev–Trinajstić information content (AvgIpc) is 2.59. The van der Waals surface area contributed by atoms with Crippen LogP contribution in [0.15, 0.2) is 6.20 Å². The summed E-state index contributed by atoms with van der Waals surface area (Å²) < 4.78 is 0. The van der Waals surface area contributed by atoms with E-state index in [4.69, 9.17) is 0 Å². The Morgan fingerprint density at radius 3 is 2.50 bits per heavy atom. The molecular weight excluding hydrogens is 306 g/mol. The summed E-state index contributed by atoms with van der Waals surface area (Å²) >= 11 is 0. The van der Waals surface area contributed by atoms with Crippen LogP contribution in [0.5, 0.6) is 0 Å². The van der Waals surface area contributed by atoms with E-state index >= 15 is 0 Å². The lowest BCUT2D eigenvalue weighted by Gasteiger charge is -2.29. The van der Waals surface area contributed by atoms with E-state index in [9.17, 15) is 15.5 Å². The molecule has 0 aromatic carbocycles. The first-order valence-corrected chi connectivity index (χ1v) is 8.82. The Morgan fingerprint density at radius 1 is 1.04 bits per heavy atom. The van der Waals surface area contributed by atoms with Gasteiger partial charge in [-0.25, -0.2) is 4.98 Å². The quantitative estimate of drug-likeness (QED) is 0.665. The van der Waals surface area contributed by atoms with Crippen molar-refractivity contribution in [3.63, 3.8) is 0 Å². The molecule has 2 aliphatic rings. The van der Waals surface area contributed by atoms with E-state index in [2.05, 4.69) is 26.7 Å². The fraction of sp³-hybridized carbons (Fsp3) is 0.706. The highest BCUT2D eigenvalue weighted by molar-refractivity contribution is 5.54. The summed E-state index contributed by atoms with van der Waals surface area (Å²) in [6.45, 7) is 0. The van der Waals surface area contributed by atoms with Gasteiger partial charge in [-0.1, -0.05) is 12.8 Å². The number of aromatic nitrogens is 2. The predicted octanol–water partition coefficient (Wildman–Crippen LogP) is 1.78. The fourth-order valence-corrected chi connectivity index (χ4v) is 3.50. The van der Waals surface area contributed by atoms with Crippen LogP contribution in [-0.4, -0.2) is 44.5 Å². The van der Waals surface area contributed by atoms with Gasteiger partial charge in [-0.05, 0) is 38.5 Å². The van der Waals surface area contributed by atoms with Gasteiger partial charge in [-0.2, -0.15) is 10.2 Å². The molecule has 1 aromatic heterocycles. The van der Waals surface area contributed by atoms with Crippen molar-refractivity contribution >= 4 is 11.8 Å². The number of rotatable bonds is 4. The molecule has 2 saturated carbocycles. The summed E-state index contributed by atoms with van der Waals surface area (Å²) in [5.41, 5.74) is 0.386. The van der Waals surface area contributed by atoms with Gasteiger partial charge in [0.2, 0.25) is 5.95 Å². The van der Waals surface area contributed by atoms with Crippen LogP contribution in [0, 0.1) is 11.3 Å². The largest absolute Gasteiger partial charge is 0.393 e. The minimum atomic E-state index is -0.406. The van der Waals surface area contributed by atoms with Gasteiger partial charge in [-0.15, -0.1) is 0 Å². The molecule has 0 unspecified atom stereocenters. The number of aliphatic hydroxyl groups is 2. The van der Waals surface area contributed by atoms with E-state index in [1.165, 1.54) is 6.20 Å². The second kappa shape index (κ2) is 7.77. The highest BCUT2D eigenvalue weighted by atomic mass is 16.3. The lowest BCUT2D eigenvalue weighted by atomic mass is 9.92. The van der Waals surface area contributed by atoms with E-state index in [-0.39, 0.29) is 18.2 Å². The second-order valence-electron chi connectivity index (χ2n) is 6.82. The monoisotopic (exact) mass is 331 g/mol. The summed E-state index contributed by atoms with van der Waals surface area (Å²) in [5.74, 6) is 0.972. The Kier molecular flexibility index (Phi) is 5.48. The molecule has 0 aliphatic heterocycles. The maximum absolute atomic E-state index is 10.1. The van der Waals surface area contributed by atoms with Crippen molar-refractivity contribution in [1.29, 1.82) is 5.26 Å². The first-order chi connectivity index (χ1) is 11.7. The Hall–Kier alpha value is -1.91. The van der Waals surface area contributed by atoms with E-state index < -0.39 is 6.10 Å². The Labute approximate surface area is 142 Å². The summed E-state index contributed by atoms with van der Waals surface area (Å²) in [6, 6.07) is 2.28. The maximum atomic E-state index is 10.1. The topological polar surface area (TPSA) is 114 Å². The zero-order valence-electron chi connectivity index (χ0n) is 13.8. The molecule has 3 rings (SSSR count). The number of aliphatic hydroxyl groups excluding tert-OH is 2. The van der Waals surface area contributed by atoms with Gasteiger partial charge in [0, 0.05) is 6.04 Å². The van der Waals surface area contributed by atoms with E-state index in [0.29, 0.717) is 17.3 Å². The normalized spacial score (nSPS) is 30.4. The number of hydrogen-bond acceptors (Lipinski definition) is 7. The molecule has 0 saturated heterocycles. The van der Waals surface area contributed by atoms with Gasteiger partial charge in [0.25, 0.3) is 0 Å². The molecule has 4 N–H and O–H groups in total. The third-order valence-corrected chi connectivity index (χ3v) is 4.99. The van der Waals surface area contributed by atoms with Crippen LogP contribution >= 0.6 is 0 Å². The molecule has 2 fully saturated rings. The van der Waals surface area contributed by atoms with E-state index in [0.717, 1.165) is 51.4 Å². The van der Waals surface area contributed by atoms with Crippen molar-refractivity contribution in [2.75, 3.05) is 10.6 Å². The van der Waals surface area contributed by atoms with Crippen LogP contribution in [0.25, 0.3) is 0 Å². The van der Waals surface area contributed by atoms with Gasteiger partial charge in [0.1, 0.15) is 17.5 Å². The first kappa shape index (κ1) is 16.9. The van der Waals surface area contributed by atoms with Gasteiger partial charge < -0.3 is 20.8 Å². The summed E-state index contributed by atoms with van der Waals surface area (Å²) in [6.07, 6.45) is 8.01. The van der Waals surface area contributed by atoms with E-state index in [1.807, 2.05) is 0 Å². The van der Waals surface area contributed by atoms with Gasteiger partial charge in [-0.3, -0.25) is 0 Å².